The second-order valence-corrected chi connectivity index (χ2v) is 4.10. The molecule has 92 valence electrons. The summed E-state index contributed by atoms with van der Waals surface area (Å²) in [6.45, 7) is 1.18. The van der Waals surface area contributed by atoms with Gasteiger partial charge in [-0.3, -0.25) is 9.69 Å². The predicted octanol–water partition coefficient (Wildman–Crippen LogP) is 1.28. The molecule has 2 rings (SSSR count). The summed E-state index contributed by atoms with van der Waals surface area (Å²) in [5, 5.41) is 9.21. The van der Waals surface area contributed by atoms with E-state index >= 15 is 0 Å². The number of rotatable bonds is 4. The van der Waals surface area contributed by atoms with Gasteiger partial charge in [-0.15, -0.1) is 0 Å². The number of ether oxygens (including phenoxy) is 1. The lowest BCUT2D eigenvalue weighted by molar-refractivity contribution is -0.149. The highest BCUT2D eigenvalue weighted by Gasteiger charge is 2.37. The van der Waals surface area contributed by atoms with Crippen LogP contribution in [0.5, 0.6) is 0 Å². The number of aliphatic carboxylic acids is 1. The summed E-state index contributed by atoms with van der Waals surface area (Å²) in [5.41, 5.74) is 0.591. The number of hydrogen-bond donors (Lipinski definition) is 1. The maximum absolute atomic E-state index is 12.8. The minimum atomic E-state index is -0.925. The van der Waals surface area contributed by atoms with Crippen molar-refractivity contribution in [2.75, 3.05) is 20.2 Å². The van der Waals surface area contributed by atoms with Gasteiger partial charge in [0.05, 0.1) is 6.10 Å². The molecule has 1 atom stereocenters. The molecule has 0 saturated carbocycles. The fraction of sp³-hybridized carbons (Fsp3) is 0.417. The SMILES string of the molecule is COC1CN(C(C(=O)O)c2ccc(F)cc2)C1. The van der Waals surface area contributed by atoms with Gasteiger partial charge in [-0.2, -0.15) is 0 Å². The average Bonchev–Trinajstić information content (AvgIpc) is 2.24. The molecule has 0 radical (unpaired) electrons. The van der Waals surface area contributed by atoms with Gasteiger partial charge in [0.15, 0.2) is 0 Å². The summed E-state index contributed by atoms with van der Waals surface area (Å²) in [7, 11) is 1.61. The number of benzene rings is 1. The first-order valence-corrected chi connectivity index (χ1v) is 5.37. The Morgan fingerprint density at radius 1 is 1.47 bits per heavy atom. The quantitative estimate of drug-likeness (QED) is 0.860. The van der Waals surface area contributed by atoms with Gasteiger partial charge in [-0.25, -0.2) is 4.39 Å². The molecule has 1 saturated heterocycles. The zero-order chi connectivity index (χ0) is 12.4. The lowest BCUT2D eigenvalue weighted by Gasteiger charge is -2.41. The van der Waals surface area contributed by atoms with E-state index < -0.39 is 12.0 Å². The predicted molar refractivity (Wildman–Crippen MR) is 59.1 cm³/mol. The molecular weight excluding hydrogens is 225 g/mol. The largest absolute Gasteiger partial charge is 0.480 e. The molecule has 1 aliphatic heterocycles. The van der Waals surface area contributed by atoms with Gasteiger partial charge in [0.1, 0.15) is 11.9 Å². The number of methoxy groups -OCH3 is 1. The van der Waals surface area contributed by atoms with E-state index in [1.54, 1.807) is 12.0 Å². The van der Waals surface area contributed by atoms with Gasteiger partial charge in [-0.05, 0) is 17.7 Å². The normalized spacial score (nSPS) is 18.7. The maximum atomic E-state index is 12.8. The van der Waals surface area contributed by atoms with Crippen LogP contribution in [0.3, 0.4) is 0 Å². The van der Waals surface area contributed by atoms with Crippen molar-refractivity contribution in [2.24, 2.45) is 0 Å². The van der Waals surface area contributed by atoms with Crippen LogP contribution in [0, 0.1) is 5.82 Å². The Kier molecular flexibility index (Phi) is 3.40. The minimum Gasteiger partial charge on any atom is -0.480 e. The molecule has 5 heteroatoms. The Bertz CT molecular complexity index is 401. The molecular formula is C12H14FNO3. The molecule has 0 spiro atoms. The van der Waals surface area contributed by atoms with Crippen molar-refractivity contribution in [2.45, 2.75) is 12.1 Å². The second kappa shape index (κ2) is 4.81. The van der Waals surface area contributed by atoms with Crippen LogP contribution >= 0.6 is 0 Å². The van der Waals surface area contributed by atoms with Gasteiger partial charge in [0, 0.05) is 20.2 Å². The fourth-order valence-corrected chi connectivity index (χ4v) is 1.98. The molecule has 1 aromatic carbocycles. The molecule has 1 N–H and O–H groups in total. The second-order valence-electron chi connectivity index (χ2n) is 4.10. The molecule has 1 unspecified atom stereocenters. The molecule has 17 heavy (non-hydrogen) atoms. The van der Waals surface area contributed by atoms with Crippen molar-refractivity contribution < 1.29 is 19.0 Å². The van der Waals surface area contributed by atoms with Crippen LogP contribution in [0.25, 0.3) is 0 Å². The summed E-state index contributed by atoms with van der Waals surface area (Å²) in [4.78, 5) is 13.0. The van der Waals surface area contributed by atoms with Crippen molar-refractivity contribution in [3.8, 4) is 0 Å². The first-order chi connectivity index (χ1) is 8.11. The number of likely N-dealkylation sites (tertiary alicyclic amines) is 1. The number of halogens is 1. The highest BCUT2D eigenvalue weighted by Crippen LogP contribution is 2.27. The van der Waals surface area contributed by atoms with Crippen molar-refractivity contribution in [3.63, 3.8) is 0 Å². The van der Waals surface area contributed by atoms with E-state index in [2.05, 4.69) is 0 Å². The van der Waals surface area contributed by atoms with Crippen LogP contribution in [0.15, 0.2) is 24.3 Å². The summed E-state index contributed by atoms with van der Waals surface area (Å²) >= 11 is 0. The van der Waals surface area contributed by atoms with Gasteiger partial charge >= 0.3 is 5.97 Å². The number of carbonyl (C=O) groups is 1. The molecule has 0 bridgehead atoms. The zero-order valence-corrected chi connectivity index (χ0v) is 9.47. The Hall–Kier alpha value is -1.46. The van der Waals surface area contributed by atoms with E-state index in [9.17, 15) is 14.3 Å². The molecule has 4 nitrogen and oxygen atoms in total. The van der Waals surface area contributed by atoms with Gasteiger partial charge < -0.3 is 9.84 Å². The van der Waals surface area contributed by atoms with Crippen molar-refractivity contribution in [1.29, 1.82) is 0 Å². The lowest BCUT2D eigenvalue weighted by Crippen LogP contribution is -2.54. The average molecular weight is 239 g/mol. The summed E-state index contributed by atoms with van der Waals surface area (Å²) in [6.07, 6.45) is 0.0947. The van der Waals surface area contributed by atoms with E-state index in [0.29, 0.717) is 18.7 Å². The van der Waals surface area contributed by atoms with E-state index in [1.165, 1.54) is 24.3 Å². The molecule has 0 amide bonds. The van der Waals surface area contributed by atoms with Crippen LogP contribution < -0.4 is 0 Å². The third kappa shape index (κ3) is 2.45. The third-order valence-electron chi connectivity index (χ3n) is 2.99. The van der Waals surface area contributed by atoms with Crippen LogP contribution in [0.1, 0.15) is 11.6 Å². The first-order valence-electron chi connectivity index (χ1n) is 5.37. The number of hydrogen-bond acceptors (Lipinski definition) is 3. The lowest BCUT2D eigenvalue weighted by atomic mass is 10.0. The third-order valence-corrected chi connectivity index (χ3v) is 2.99. The Balaban J connectivity index is 2.13. The van der Waals surface area contributed by atoms with Crippen LogP contribution in [0.2, 0.25) is 0 Å². The van der Waals surface area contributed by atoms with E-state index in [0.717, 1.165) is 0 Å². The van der Waals surface area contributed by atoms with Crippen LogP contribution in [0.4, 0.5) is 4.39 Å². The van der Waals surface area contributed by atoms with Crippen molar-refractivity contribution in [3.05, 3.63) is 35.6 Å². The molecule has 1 heterocycles. The van der Waals surface area contributed by atoms with Crippen LogP contribution in [-0.4, -0.2) is 42.3 Å². The molecule has 1 aliphatic rings. The first kappa shape index (κ1) is 12.0. The highest BCUT2D eigenvalue weighted by molar-refractivity contribution is 5.75. The van der Waals surface area contributed by atoms with E-state index in [1.807, 2.05) is 0 Å². The van der Waals surface area contributed by atoms with Crippen molar-refractivity contribution in [1.82, 2.24) is 4.90 Å². The Morgan fingerprint density at radius 2 is 2.06 bits per heavy atom. The summed E-state index contributed by atoms with van der Waals surface area (Å²) in [5.74, 6) is -1.29. The van der Waals surface area contributed by atoms with Crippen molar-refractivity contribution >= 4 is 5.97 Å². The molecule has 0 aliphatic carbocycles. The maximum Gasteiger partial charge on any atom is 0.325 e. The monoisotopic (exact) mass is 239 g/mol. The van der Waals surface area contributed by atoms with Gasteiger partial charge in [0.2, 0.25) is 0 Å². The summed E-state index contributed by atoms with van der Waals surface area (Å²) in [6, 6.07) is 4.85. The van der Waals surface area contributed by atoms with E-state index in [-0.39, 0.29) is 11.9 Å². The van der Waals surface area contributed by atoms with E-state index in [4.69, 9.17) is 4.74 Å². The van der Waals surface area contributed by atoms with Crippen LogP contribution in [-0.2, 0) is 9.53 Å². The summed E-state index contributed by atoms with van der Waals surface area (Å²) < 4.78 is 17.9. The minimum absolute atomic E-state index is 0.0947. The number of carboxylic acids is 1. The van der Waals surface area contributed by atoms with Gasteiger partial charge in [-0.1, -0.05) is 12.1 Å². The fourth-order valence-electron chi connectivity index (χ4n) is 1.98. The molecule has 1 aromatic rings. The standard InChI is InChI=1S/C12H14FNO3/c1-17-10-6-14(7-10)11(12(15)16)8-2-4-9(13)5-3-8/h2-5,10-11H,6-7H2,1H3,(H,15,16). The topological polar surface area (TPSA) is 49.8 Å². The molecule has 0 aromatic heterocycles. The number of carboxylic acid groups (broad SMARTS) is 1. The highest BCUT2D eigenvalue weighted by atomic mass is 19.1. The Labute approximate surface area is 98.6 Å². The molecule has 1 fully saturated rings. The zero-order valence-electron chi connectivity index (χ0n) is 9.47. The smallest absolute Gasteiger partial charge is 0.325 e. The Morgan fingerprint density at radius 3 is 2.53 bits per heavy atom. The number of nitrogens with zero attached hydrogens (tertiary/aromatic N) is 1. The van der Waals surface area contributed by atoms with Gasteiger partial charge in [0.25, 0.3) is 0 Å².